The predicted molar refractivity (Wildman–Crippen MR) is 91.0 cm³/mol. The summed E-state index contributed by atoms with van der Waals surface area (Å²) in [5, 5.41) is 11.6. The monoisotopic (exact) mass is 401 g/mol. The molecular weight excluding hydrogens is 390 g/mol. The summed E-state index contributed by atoms with van der Waals surface area (Å²) in [5.74, 6) is -1.17. The lowest BCUT2D eigenvalue weighted by atomic mass is 10.1. The van der Waals surface area contributed by atoms with E-state index in [-0.39, 0.29) is 22.6 Å². The minimum atomic E-state index is -0.626. The van der Waals surface area contributed by atoms with Crippen LogP contribution < -0.4 is 5.32 Å². The SMILES string of the molecule is Cc1oc(NC(=O)CN2C(=O)c3ccc(Br)cc3C2=O)c(C#N)c1C. The van der Waals surface area contributed by atoms with Crippen LogP contribution in [0.25, 0.3) is 0 Å². The molecule has 3 rings (SSSR count). The molecule has 0 saturated heterocycles. The van der Waals surface area contributed by atoms with Gasteiger partial charge in [-0.05, 0) is 32.0 Å². The smallest absolute Gasteiger partial charge is 0.262 e. The quantitative estimate of drug-likeness (QED) is 0.796. The predicted octanol–water partition coefficient (Wildman–Crippen LogP) is 2.77. The third kappa shape index (κ3) is 2.83. The van der Waals surface area contributed by atoms with E-state index in [1.807, 2.05) is 6.07 Å². The number of carbonyl (C=O) groups is 3. The van der Waals surface area contributed by atoms with E-state index >= 15 is 0 Å². The lowest BCUT2D eigenvalue weighted by molar-refractivity contribution is -0.116. The second-order valence-corrected chi connectivity index (χ2v) is 6.45. The first-order valence-electron chi connectivity index (χ1n) is 7.29. The highest BCUT2D eigenvalue weighted by Crippen LogP contribution is 2.27. The number of anilines is 1. The number of amides is 3. The number of halogens is 1. The third-order valence-electron chi connectivity index (χ3n) is 3.98. The fourth-order valence-electron chi connectivity index (χ4n) is 2.57. The minimum Gasteiger partial charge on any atom is -0.444 e. The molecule has 0 fully saturated rings. The largest absolute Gasteiger partial charge is 0.444 e. The molecule has 7 nitrogen and oxygen atoms in total. The van der Waals surface area contributed by atoms with Gasteiger partial charge < -0.3 is 4.42 Å². The molecule has 0 radical (unpaired) electrons. The number of nitrogens with one attached hydrogen (secondary N) is 1. The first kappa shape index (κ1) is 16.9. The molecule has 0 bridgehead atoms. The van der Waals surface area contributed by atoms with Gasteiger partial charge in [0.2, 0.25) is 11.8 Å². The Morgan fingerprint density at radius 2 is 1.96 bits per heavy atom. The summed E-state index contributed by atoms with van der Waals surface area (Å²) < 4.78 is 6.02. The molecule has 1 N–H and O–H groups in total. The Morgan fingerprint density at radius 1 is 1.28 bits per heavy atom. The van der Waals surface area contributed by atoms with Crippen molar-refractivity contribution < 1.29 is 18.8 Å². The standard InChI is InChI=1S/C17H12BrN3O4/c1-8-9(2)25-15(13(8)6-19)20-14(22)7-21-16(23)11-4-3-10(18)5-12(11)17(21)24/h3-5H,7H2,1-2H3,(H,20,22). The number of imide groups is 1. The lowest BCUT2D eigenvalue weighted by Crippen LogP contribution is -2.37. The van der Waals surface area contributed by atoms with Gasteiger partial charge in [-0.2, -0.15) is 5.26 Å². The second-order valence-electron chi connectivity index (χ2n) is 5.53. The summed E-state index contributed by atoms with van der Waals surface area (Å²) in [6.45, 7) is 2.91. The van der Waals surface area contributed by atoms with E-state index in [0.717, 1.165) is 4.90 Å². The van der Waals surface area contributed by atoms with Gasteiger partial charge in [0, 0.05) is 10.0 Å². The summed E-state index contributed by atoms with van der Waals surface area (Å²) >= 11 is 3.25. The highest BCUT2D eigenvalue weighted by Gasteiger charge is 2.36. The van der Waals surface area contributed by atoms with Crippen LogP contribution in [0.4, 0.5) is 5.88 Å². The maximum absolute atomic E-state index is 12.4. The zero-order valence-electron chi connectivity index (χ0n) is 13.3. The van der Waals surface area contributed by atoms with Crippen LogP contribution in [0.5, 0.6) is 0 Å². The van der Waals surface area contributed by atoms with Crippen molar-refractivity contribution in [3.63, 3.8) is 0 Å². The van der Waals surface area contributed by atoms with Gasteiger partial charge in [0.1, 0.15) is 23.9 Å². The number of hydrogen-bond donors (Lipinski definition) is 1. The van der Waals surface area contributed by atoms with Gasteiger partial charge >= 0.3 is 0 Å². The molecule has 0 unspecified atom stereocenters. The molecule has 2 heterocycles. The summed E-state index contributed by atoms with van der Waals surface area (Å²) in [7, 11) is 0. The van der Waals surface area contributed by atoms with Gasteiger partial charge in [-0.1, -0.05) is 15.9 Å². The van der Waals surface area contributed by atoms with E-state index in [4.69, 9.17) is 9.68 Å². The van der Waals surface area contributed by atoms with Crippen molar-refractivity contribution in [1.29, 1.82) is 5.26 Å². The average molecular weight is 402 g/mol. The fraction of sp³-hybridized carbons (Fsp3) is 0.176. The first-order chi connectivity index (χ1) is 11.8. The number of hydrogen-bond acceptors (Lipinski definition) is 5. The molecule has 0 aliphatic carbocycles. The molecule has 1 aliphatic heterocycles. The zero-order chi connectivity index (χ0) is 18.3. The van der Waals surface area contributed by atoms with Crippen molar-refractivity contribution in [2.24, 2.45) is 0 Å². The number of carbonyl (C=O) groups excluding carboxylic acids is 3. The number of rotatable bonds is 3. The number of nitriles is 1. The van der Waals surface area contributed by atoms with E-state index < -0.39 is 24.3 Å². The van der Waals surface area contributed by atoms with Gasteiger partial charge in [-0.15, -0.1) is 0 Å². The van der Waals surface area contributed by atoms with Crippen molar-refractivity contribution in [2.75, 3.05) is 11.9 Å². The van der Waals surface area contributed by atoms with Crippen LogP contribution in [0, 0.1) is 25.2 Å². The number of furan rings is 1. The summed E-state index contributed by atoms with van der Waals surface area (Å²) in [5.41, 5.74) is 1.35. The van der Waals surface area contributed by atoms with E-state index in [9.17, 15) is 14.4 Å². The number of benzene rings is 1. The van der Waals surface area contributed by atoms with Crippen molar-refractivity contribution >= 4 is 39.5 Å². The normalized spacial score (nSPS) is 13.0. The molecule has 1 aliphatic rings. The number of aryl methyl sites for hydroxylation is 1. The highest BCUT2D eigenvalue weighted by molar-refractivity contribution is 9.10. The Bertz CT molecular complexity index is 971. The third-order valence-corrected chi connectivity index (χ3v) is 4.48. The molecule has 0 saturated carbocycles. The van der Waals surface area contributed by atoms with Gasteiger partial charge in [0.05, 0.1) is 11.1 Å². The van der Waals surface area contributed by atoms with Crippen molar-refractivity contribution in [1.82, 2.24) is 4.90 Å². The molecule has 126 valence electrons. The average Bonchev–Trinajstić information content (AvgIpc) is 2.96. The van der Waals surface area contributed by atoms with Crippen LogP contribution in [0.15, 0.2) is 27.1 Å². The van der Waals surface area contributed by atoms with E-state index in [1.165, 1.54) is 6.07 Å². The Morgan fingerprint density at radius 3 is 2.64 bits per heavy atom. The van der Waals surface area contributed by atoms with Crippen LogP contribution in [0.2, 0.25) is 0 Å². The molecule has 0 atom stereocenters. The molecule has 3 amide bonds. The summed E-state index contributed by atoms with van der Waals surface area (Å²) in [6.07, 6.45) is 0. The molecule has 1 aromatic carbocycles. The molecule has 25 heavy (non-hydrogen) atoms. The molecule has 8 heteroatoms. The maximum atomic E-state index is 12.4. The van der Waals surface area contributed by atoms with Gasteiger partial charge in [0.15, 0.2) is 0 Å². The van der Waals surface area contributed by atoms with Crippen LogP contribution in [0.3, 0.4) is 0 Å². The van der Waals surface area contributed by atoms with E-state index in [2.05, 4.69) is 21.2 Å². The molecular formula is C17H12BrN3O4. The van der Waals surface area contributed by atoms with Crippen LogP contribution in [-0.4, -0.2) is 29.2 Å². The Labute approximate surface area is 151 Å². The van der Waals surface area contributed by atoms with Crippen LogP contribution in [-0.2, 0) is 4.79 Å². The fourth-order valence-corrected chi connectivity index (χ4v) is 2.93. The second kappa shape index (κ2) is 6.18. The van der Waals surface area contributed by atoms with E-state index in [1.54, 1.807) is 26.0 Å². The van der Waals surface area contributed by atoms with Gasteiger partial charge in [0.25, 0.3) is 11.8 Å². The van der Waals surface area contributed by atoms with Crippen LogP contribution in [0.1, 0.15) is 37.6 Å². The Balaban J connectivity index is 1.79. The van der Waals surface area contributed by atoms with Crippen LogP contribution >= 0.6 is 15.9 Å². The van der Waals surface area contributed by atoms with Crippen molar-refractivity contribution in [2.45, 2.75) is 13.8 Å². The summed E-state index contributed by atoms with van der Waals surface area (Å²) in [4.78, 5) is 37.8. The van der Waals surface area contributed by atoms with Crippen molar-refractivity contribution in [3.05, 3.63) is 50.7 Å². The zero-order valence-corrected chi connectivity index (χ0v) is 14.9. The van der Waals surface area contributed by atoms with Gasteiger partial charge in [-0.3, -0.25) is 24.6 Å². The first-order valence-corrected chi connectivity index (χ1v) is 8.08. The molecule has 0 spiro atoms. The topological polar surface area (TPSA) is 103 Å². The molecule has 2 aromatic rings. The lowest BCUT2D eigenvalue weighted by Gasteiger charge is -2.12. The molecule has 1 aromatic heterocycles. The maximum Gasteiger partial charge on any atom is 0.262 e. The number of nitrogens with zero attached hydrogens (tertiary/aromatic N) is 2. The minimum absolute atomic E-state index is 0.0156. The highest BCUT2D eigenvalue weighted by atomic mass is 79.9. The van der Waals surface area contributed by atoms with Gasteiger partial charge in [-0.25, -0.2) is 0 Å². The van der Waals surface area contributed by atoms with Crippen molar-refractivity contribution in [3.8, 4) is 6.07 Å². The summed E-state index contributed by atoms with van der Waals surface area (Å²) in [6, 6.07) is 6.69. The Hall–Kier alpha value is -2.92. The Kier molecular flexibility index (Phi) is 4.18. The van der Waals surface area contributed by atoms with E-state index in [0.29, 0.717) is 15.8 Å². The number of fused-ring (bicyclic) bond motifs is 1.